The summed E-state index contributed by atoms with van der Waals surface area (Å²) in [6.45, 7) is 0.817. The molecule has 0 saturated heterocycles. The third kappa shape index (κ3) is 1.31. The van der Waals surface area contributed by atoms with Crippen molar-refractivity contribution in [2.45, 2.75) is 6.67 Å². The van der Waals surface area contributed by atoms with Crippen LogP contribution in [-0.2, 0) is 6.67 Å². The van der Waals surface area contributed by atoms with E-state index in [2.05, 4.69) is 50.8 Å². The van der Waals surface area contributed by atoms with Crippen LogP contribution in [0.2, 0.25) is 0 Å². The maximum absolute atomic E-state index is 4.40. The highest BCUT2D eigenvalue weighted by Crippen LogP contribution is 2.23. The van der Waals surface area contributed by atoms with Crippen molar-refractivity contribution in [1.29, 1.82) is 0 Å². The van der Waals surface area contributed by atoms with Crippen molar-refractivity contribution in [2.75, 3.05) is 0 Å². The Morgan fingerprint density at radius 1 is 1.06 bits per heavy atom. The summed E-state index contributed by atoms with van der Waals surface area (Å²) in [4.78, 5) is 4.40. The zero-order valence-corrected chi connectivity index (χ0v) is 9.82. The van der Waals surface area contributed by atoms with Gasteiger partial charge in [-0.1, -0.05) is 18.2 Å². The van der Waals surface area contributed by atoms with E-state index in [0.717, 1.165) is 12.5 Å². The third-order valence-electron chi connectivity index (χ3n) is 3.36. The van der Waals surface area contributed by atoms with E-state index in [0.29, 0.717) is 0 Å². The van der Waals surface area contributed by atoms with Crippen LogP contribution in [-0.4, -0.2) is 20.3 Å². The van der Waals surface area contributed by atoms with Gasteiger partial charge in [0, 0.05) is 23.2 Å². The molecule has 0 unspecified atom stereocenters. The number of benzene rings is 1. The van der Waals surface area contributed by atoms with Crippen molar-refractivity contribution in [3.05, 3.63) is 60.4 Å². The molecule has 3 heteroatoms. The molecule has 1 aromatic carbocycles. The lowest BCUT2D eigenvalue weighted by molar-refractivity contribution is -0.475. The van der Waals surface area contributed by atoms with Crippen molar-refractivity contribution in [3.63, 3.8) is 0 Å². The second-order valence-corrected chi connectivity index (χ2v) is 4.50. The SMILES string of the molecule is C1=[N+](c2ccccn2)Cn2ccc3cccc1c32. The molecule has 1 aliphatic rings. The summed E-state index contributed by atoms with van der Waals surface area (Å²) in [5.74, 6) is 0.980. The Kier molecular flexibility index (Phi) is 1.88. The number of hydrogen-bond donors (Lipinski definition) is 0. The molecule has 0 spiro atoms. The highest BCUT2D eigenvalue weighted by molar-refractivity contribution is 5.97. The molecule has 0 saturated carbocycles. The van der Waals surface area contributed by atoms with Crippen LogP contribution in [0.4, 0.5) is 5.82 Å². The van der Waals surface area contributed by atoms with Crippen LogP contribution >= 0.6 is 0 Å². The van der Waals surface area contributed by atoms with Gasteiger partial charge in [-0.15, -0.1) is 0 Å². The third-order valence-corrected chi connectivity index (χ3v) is 3.36. The van der Waals surface area contributed by atoms with Gasteiger partial charge >= 0.3 is 5.82 Å². The molecule has 86 valence electrons. The number of para-hydroxylation sites is 1. The van der Waals surface area contributed by atoms with E-state index in [4.69, 9.17) is 0 Å². The van der Waals surface area contributed by atoms with Gasteiger partial charge in [0.15, 0.2) is 6.67 Å². The van der Waals surface area contributed by atoms with Crippen LogP contribution in [0.25, 0.3) is 10.9 Å². The number of aromatic nitrogens is 2. The average Bonchev–Trinajstić information content (AvgIpc) is 2.85. The molecule has 18 heavy (non-hydrogen) atoms. The van der Waals surface area contributed by atoms with Crippen LogP contribution in [0, 0.1) is 0 Å². The van der Waals surface area contributed by atoms with Crippen molar-refractivity contribution in [3.8, 4) is 0 Å². The van der Waals surface area contributed by atoms with Crippen LogP contribution in [0.5, 0.6) is 0 Å². The van der Waals surface area contributed by atoms with Crippen molar-refractivity contribution in [2.24, 2.45) is 0 Å². The lowest BCUT2D eigenvalue weighted by Gasteiger charge is -2.14. The topological polar surface area (TPSA) is 20.8 Å². The Balaban J connectivity index is 1.94. The molecule has 0 aliphatic carbocycles. The predicted molar refractivity (Wildman–Crippen MR) is 71.3 cm³/mol. The van der Waals surface area contributed by atoms with E-state index in [1.165, 1.54) is 16.5 Å². The van der Waals surface area contributed by atoms with Gasteiger partial charge in [0.1, 0.15) is 12.4 Å². The Hall–Kier alpha value is -2.42. The minimum absolute atomic E-state index is 0.817. The molecule has 0 radical (unpaired) electrons. The van der Waals surface area contributed by atoms with Gasteiger partial charge in [-0.3, -0.25) is 0 Å². The van der Waals surface area contributed by atoms with Gasteiger partial charge in [0.2, 0.25) is 0 Å². The largest absolute Gasteiger partial charge is 0.324 e. The van der Waals surface area contributed by atoms with Crippen LogP contribution in [0.3, 0.4) is 0 Å². The van der Waals surface area contributed by atoms with Crippen LogP contribution in [0.1, 0.15) is 5.56 Å². The Morgan fingerprint density at radius 2 is 2.06 bits per heavy atom. The number of rotatable bonds is 1. The normalized spacial score (nSPS) is 13.7. The monoisotopic (exact) mass is 234 g/mol. The van der Waals surface area contributed by atoms with E-state index >= 15 is 0 Å². The minimum Gasteiger partial charge on any atom is -0.310 e. The number of pyridine rings is 1. The van der Waals surface area contributed by atoms with E-state index in [1.807, 2.05) is 24.4 Å². The molecule has 0 amide bonds. The molecule has 4 rings (SSSR count). The van der Waals surface area contributed by atoms with Gasteiger partial charge in [-0.2, -0.15) is 0 Å². The van der Waals surface area contributed by atoms with Gasteiger partial charge in [0.25, 0.3) is 0 Å². The molecule has 0 fully saturated rings. The standard InChI is InChI=1S/C15H12N3/c1-2-8-16-14(6-1)18-10-13-5-3-4-12-7-9-17(11-18)15(12)13/h1-10H,11H2/q+1. The lowest BCUT2D eigenvalue weighted by atomic mass is 10.1. The van der Waals surface area contributed by atoms with Gasteiger partial charge in [-0.25, -0.2) is 4.58 Å². The molecule has 0 N–H and O–H groups in total. The van der Waals surface area contributed by atoms with Gasteiger partial charge in [0.05, 0.1) is 5.52 Å². The first-order valence-corrected chi connectivity index (χ1v) is 6.02. The fourth-order valence-corrected chi connectivity index (χ4v) is 2.55. The maximum Gasteiger partial charge on any atom is 0.324 e. The molecule has 3 nitrogen and oxygen atoms in total. The zero-order valence-electron chi connectivity index (χ0n) is 9.82. The Labute approximate surface area is 105 Å². The summed E-state index contributed by atoms with van der Waals surface area (Å²) in [5.41, 5.74) is 2.55. The smallest absolute Gasteiger partial charge is 0.310 e. The quantitative estimate of drug-likeness (QED) is 0.593. The van der Waals surface area contributed by atoms with Crippen LogP contribution < -0.4 is 0 Å². The molecular formula is C15H12N3+. The van der Waals surface area contributed by atoms with Gasteiger partial charge < -0.3 is 4.57 Å². The molecule has 3 heterocycles. The van der Waals surface area contributed by atoms with Crippen molar-refractivity contribution >= 4 is 22.9 Å². The fourth-order valence-electron chi connectivity index (χ4n) is 2.55. The van der Waals surface area contributed by atoms with Crippen molar-refractivity contribution in [1.82, 2.24) is 9.55 Å². The minimum atomic E-state index is 0.817. The first-order valence-electron chi connectivity index (χ1n) is 6.02. The van der Waals surface area contributed by atoms with E-state index in [-0.39, 0.29) is 0 Å². The highest BCUT2D eigenvalue weighted by atomic mass is 15.2. The summed E-state index contributed by atoms with van der Waals surface area (Å²) < 4.78 is 4.43. The molecule has 2 aromatic heterocycles. The molecule has 1 aliphatic heterocycles. The molecule has 3 aromatic rings. The highest BCUT2D eigenvalue weighted by Gasteiger charge is 2.17. The second-order valence-electron chi connectivity index (χ2n) is 4.50. The van der Waals surface area contributed by atoms with Crippen molar-refractivity contribution < 1.29 is 4.58 Å². The first kappa shape index (κ1) is 9.59. The van der Waals surface area contributed by atoms with Gasteiger partial charge in [-0.05, 0) is 23.2 Å². The second kappa shape index (κ2) is 3.53. The summed E-state index contributed by atoms with van der Waals surface area (Å²) >= 11 is 0. The summed E-state index contributed by atoms with van der Waals surface area (Å²) in [6, 6.07) is 14.5. The summed E-state index contributed by atoms with van der Waals surface area (Å²) in [5, 5.41) is 1.30. The molecule has 0 atom stereocenters. The maximum atomic E-state index is 4.40. The number of hydrogen-bond acceptors (Lipinski definition) is 1. The molecule has 0 bridgehead atoms. The Morgan fingerprint density at radius 3 is 2.94 bits per heavy atom. The number of nitrogens with zero attached hydrogens (tertiary/aromatic N) is 3. The lowest BCUT2D eigenvalue weighted by Crippen LogP contribution is -2.18. The predicted octanol–water partition coefficient (Wildman–Crippen LogP) is 2.77. The fraction of sp³-hybridized carbons (Fsp3) is 0.0667. The van der Waals surface area contributed by atoms with E-state index in [9.17, 15) is 0 Å². The summed E-state index contributed by atoms with van der Waals surface area (Å²) in [7, 11) is 0. The van der Waals surface area contributed by atoms with E-state index < -0.39 is 0 Å². The Bertz CT molecular complexity index is 754. The summed E-state index contributed by atoms with van der Waals surface area (Å²) in [6.07, 6.45) is 6.14. The average molecular weight is 234 g/mol. The molecular weight excluding hydrogens is 222 g/mol. The zero-order chi connectivity index (χ0) is 11.9. The van der Waals surface area contributed by atoms with E-state index in [1.54, 1.807) is 0 Å². The first-order chi connectivity index (χ1) is 8.92. The van der Waals surface area contributed by atoms with Crippen LogP contribution in [0.15, 0.2) is 54.9 Å².